The second-order valence-electron chi connectivity index (χ2n) is 6.75. The first-order valence-electron chi connectivity index (χ1n) is 7.83. The Labute approximate surface area is 129 Å². The van der Waals surface area contributed by atoms with Crippen LogP contribution in [0.1, 0.15) is 46.0 Å². The highest BCUT2D eigenvalue weighted by atomic mass is 32.2. The summed E-state index contributed by atoms with van der Waals surface area (Å²) in [5.74, 6) is -1.08. The standard InChI is InChI=1S/C14H22F2O5S/c1-3-13(4-2)20-11-8-5-9(10(6-8)12(11)21-13)7-14(15,16)22(17,18)19/h8-12H,3-7H2,1-2H3,(H,17,18,19). The van der Waals surface area contributed by atoms with Crippen molar-refractivity contribution < 1.29 is 31.2 Å². The summed E-state index contributed by atoms with van der Waals surface area (Å²) in [6.45, 7) is 3.94. The summed E-state index contributed by atoms with van der Waals surface area (Å²) in [4.78, 5) is 0. The van der Waals surface area contributed by atoms with Crippen LogP contribution in [-0.2, 0) is 19.6 Å². The van der Waals surface area contributed by atoms with Gasteiger partial charge in [-0.2, -0.15) is 17.2 Å². The Morgan fingerprint density at radius 1 is 1.18 bits per heavy atom. The molecule has 0 amide bonds. The molecule has 0 aromatic rings. The van der Waals surface area contributed by atoms with Crippen molar-refractivity contribution in [1.82, 2.24) is 0 Å². The molecule has 2 bridgehead atoms. The molecule has 1 saturated heterocycles. The van der Waals surface area contributed by atoms with Crippen LogP contribution in [-0.4, -0.2) is 36.2 Å². The maximum atomic E-state index is 13.6. The molecule has 1 aliphatic heterocycles. The van der Waals surface area contributed by atoms with Crippen LogP contribution in [0, 0.1) is 17.8 Å². The highest BCUT2D eigenvalue weighted by Gasteiger charge is 2.63. The van der Waals surface area contributed by atoms with Gasteiger partial charge in [-0.3, -0.25) is 4.55 Å². The second-order valence-corrected chi connectivity index (χ2v) is 8.30. The topological polar surface area (TPSA) is 72.8 Å². The van der Waals surface area contributed by atoms with Crippen LogP contribution in [0.4, 0.5) is 8.78 Å². The van der Waals surface area contributed by atoms with Gasteiger partial charge in [-0.15, -0.1) is 0 Å². The number of fused-ring (bicyclic) bond motifs is 5. The molecule has 1 N–H and O–H groups in total. The molecule has 0 aromatic heterocycles. The van der Waals surface area contributed by atoms with Crippen molar-refractivity contribution in [3.8, 4) is 0 Å². The average Bonchev–Trinajstić information content (AvgIpc) is 3.05. The van der Waals surface area contributed by atoms with E-state index in [1.54, 1.807) is 0 Å². The summed E-state index contributed by atoms with van der Waals surface area (Å²) in [5.41, 5.74) is 0. The van der Waals surface area contributed by atoms with Gasteiger partial charge in [0.05, 0.1) is 12.2 Å². The monoisotopic (exact) mass is 340 g/mol. The van der Waals surface area contributed by atoms with Crippen LogP contribution in [0.15, 0.2) is 0 Å². The summed E-state index contributed by atoms with van der Waals surface area (Å²) >= 11 is 0. The molecule has 1 heterocycles. The number of alkyl halides is 2. The quantitative estimate of drug-likeness (QED) is 0.779. The molecule has 5 atom stereocenters. The van der Waals surface area contributed by atoms with Crippen molar-refractivity contribution in [3.63, 3.8) is 0 Å². The number of hydrogen-bond acceptors (Lipinski definition) is 4. The molecule has 0 spiro atoms. The van der Waals surface area contributed by atoms with E-state index in [2.05, 4.69) is 0 Å². The Balaban J connectivity index is 1.74. The van der Waals surface area contributed by atoms with Gasteiger partial charge in [0.15, 0.2) is 5.79 Å². The van der Waals surface area contributed by atoms with Crippen LogP contribution in [0.25, 0.3) is 0 Å². The highest BCUT2D eigenvalue weighted by molar-refractivity contribution is 7.86. The summed E-state index contributed by atoms with van der Waals surface area (Å²) < 4.78 is 69.7. The van der Waals surface area contributed by atoms with Crippen molar-refractivity contribution >= 4 is 10.1 Å². The van der Waals surface area contributed by atoms with Crippen molar-refractivity contribution in [3.05, 3.63) is 0 Å². The van der Waals surface area contributed by atoms with Gasteiger partial charge in [0, 0.05) is 6.42 Å². The van der Waals surface area contributed by atoms with Crippen molar-refractivity contribution in [2.24, 2.45) is 17.8 Å². The third kappa shape index (κ3) is 2.39. The maximum Gasteiger partial charge on any atom is 0.370 e. The molecular formula is C14H22F2O5S. The molecule has 3 fully saturated rings. The van der Waals surface area contributed by atoms with Crippen LogP contribution < -0.4 is 0 Å². The smallest absolute Gasteiger partial charge is 0.344 e. The molecule has 0 radical (unpaired) electrons. The lowest BCUT2D eigenvalue weighted by Crippen LogP contribution is -2.39. The number of ether oxygens (including phenoxy) is 2. The molecule has 3 rings (SSSR count). The SMILES string of the molecule is CCC1(CC)OC2C3CC(CC(F)(F)S(=O)(=O)O)C(C3)C2O1. The number of hydrogen-bond donors (Lipinski definition) is 1. The summed E-state index contributed by atoms with van der Waals surface area (Å²) in [6, 6.07) is 0. The van der Waals surface area contributed by atoms with Gasteiger partial charge in [0.2, 0.25) is 0 Å². The zero-order valence-electron chi connectivity index (χ0n) is 12.7. The van der Waals surface area contributed by atoms with E-state index < -0.39 is 33.5 Å². The lowest BCUT2D eigenvalue weighted by molar-refractivity contribution is -0.189. The summed E-state index contributed by atoms with van der Waals surface area (Å²) in [5, 5.41) is -4.09. The molecule has 128 valence electrons. The fourth-order valence-corrected chi connectivity index (χ4v) is 4.88. The van der Waals surface area contributed by atoms with Crippen molar-refractivity contribution in [2.75, 3.05) is 0 Å². The fourth-order valence-electron chi connectivity index (χ4n) is 4.45. The Bertz CT molecular complexity index is 545. The summed E-state index contributed by atoms with van der Waals surface area (Å²) in [6.07, 6.45) is 1.48. The first-order valence-corrected chi connectivity index (χ1v) is 9.27. The van der Waals surface area contributed by atoms with Gasteiger partial charge in [0.1, 0.15) is 0 Å². The fraction of sp³-hybridized carbons (Fsp3) is 1.00. The molecule has 2 aliphatic carbocycles. The van der Waals surface area contributed by atoms with E-state index in [0.29, 0.717) is 19.3 Å². The van der Waals surface area contributed by atoms with Crippen LogP contribution in [0.5, 0.6) is 0 Å². The lowest BCUT2D eigenvalue weighted by Gasteiger charge is -2.30. The van der Waals surface area contributed by atoms with Crippen LogP contribution in [0.2, 0.25) is 0 Å². The molecule has 22 heavy (non-hydrogen) atoms. The molecule has 5 unspecified atom stereocenters. The third-order valence-corrected chi connectivity index (χ3v) is 6.57. The Morgan fingerprint density at radius 3 is 2.32 bits per heavy atom. The minimum Gasteiger partial charge on any atom is -0.344 e. The third-order valence-electron chi connectivity index (χ3n) is 5.65. The van der Waals surface area contributed by atoms with E-state index in [1.165, 1.54) is 0 Å². The molecule has 3 aliphatic rings. The molecule has 8 heteroatoms. The normalized spacial score (nSPS) is 40.1. The molecule has 0 aromatic carbocycles. The minimum absolute atomic E-state index is 0.0690. The van der Waals surface area contributed by atoms with Gasteiger partial charge in [0.25, 0.3) is 0 Å². The predicted octanol–water partition coefficient (Wildman–Crippen LogP) is 2.81. The van der Waals surface area contributed by atoms with E-state index in [0.717, 1.165) is 6.42 Å². The largest absolute Gasteiger partial charge is 0.370 e. The average molecular weight is 340 g/mol. The Morgan fingerprint density at radius 2 is 1.77 bits per heavy atom. The van der Waals surface area contributed by atoms with Crippen LogP contribution in [0.3, 0.4) is 0 Å². The van der Waals surface area contributed by atoms with Gasteiger partial charge in [-0.1, -0.05) is 13.8 Å². The predicted molar refractivity (Wildman–Crippen MR) is 73.9 cm³/mol. The zero-order valence-corrected chi connectivity index (χ0v) is 13.5. The van der Waals surface area contributed by atoms with Gasteiger partial charge < -0.3 is 9.47 Å². The summed E-state index contributed by atoms with van der Waals surface area (Å²) in [7, 11) is -5.37. The maximum absolute atomic E-state index is 13.6. The minimum atomic E-state index is -5.37. The highest BCUT2D eigenvalue weighted by Crippen LogP contribution is 2.58. The van der Waals surface area contributed by atoms with Crippen molar-refractivity contribution in [2.45, 2.75) is 69.2 Å². The zero-order chi connectivity index (χ0) is 16.3. The van der Waals surface area contributed by atoms with E-state index in [9.17, 15) is 17.2 Å². The molecule has 2 saturated carbocycles. The Kier molecular flexibility index (Phi) is 3.83. The Hall–Kier alpha value is -0.310. The molecular weight excluding hydrogens is 318 g/mol. The number of halogens is 2. The lowest BCUT2D eigenvalue weighted by atomic mass is 9.83. The second kappa shape index (κ2) is 5.09. The van der Waals surface area contributed by atoms with E-state index in [-0.39, 0.29) is 24.0 Å². The van der Waals surface area contributed by atoms with Gasteiger partial charge >= 0.3 is 15.4 Å². The van der Waals surface area contributed by atoms with E-state index in [1.807, 2.05) is 13.8 Å². The first kappa shape index (κ1) is 16.5. The molecule has 5 nitrogen and oxygen atoms in total. The van der Waals surface area contributed by atoms with Crippen LogP contribution >= 0.6 is 0 Å². The van der Waals surface area contributed by atoms with Crippen molar-refractivity contribution in [1.29, 1.82) is 0 Å². The first-order chi connectivity index (χ1) is 10.1. The van der Waals surface area contributed by atoms with Gasteiger partial charge in [-0.05, 0) is 43.4 Å². The van der Waals surface area contributed by atoms with E-state index in [4.69, 9.17) is 14.0 Å². The number of rotatable bonds is 5. The van der Waals surface area contributed by atoms with Gasteiger partial charge in [-0.25, -0.2) is 0 Å². The van der Waals surface area contributed by atoms with E-state index >= 15 is 0 Å².